The minimum atomic E-state index is -0.587. The first-order valence-electron chi connectivity index (χ1n) is 6.80. The molecule has 1 aromatic heterocycles. The Morgan fingerprint density at radius 3 is 2.79 bits per heavy atom. The van der Waals surface area contributed by atoms with E-state index in [2.05, 4.69) is 10.3 Å². The number of aromatic nitrogens is 1. The highest BCUT2D eigenvalue weighted by atomic mass is 35.5. The number of anilines is 1. The van der Waals surface area contributed by atoms with E-state index < -0.39 is 10.8 Å². The molecule has 0 atom stereocenters. The van der Waals surface area contributed by atoms with E-state index in [4.69, 9.17) is 16.0 Å². The quantitative estimate of drug-likeness (QED) is 0.566. The fraction of sp³-hybridized carbons (Fsp3) is 0. The van der Waals surface area contributed by atoms with E-state index in [1.54, 1.807) is 24.3 Å². The summed E-state index contributed by atoms with van der Waals surface area (Å²) in [5, 5.41) is 13.6. The summed E-state index contributed by atoms with van der Waals surface area (Å²) in [6, 6.07) is 10.5. The SMILES string of the molecule is O=C(Nc1cccc(-c2ncco2)c1)c1cc([N+](=O)[O-])ccc1Cl. The molecule has 0 aliphatic carbocycles. The zero-order chi connectivity index (χ0) is 17.1. The van der Waals surface area contributed by atoms with Crippen molar-refractivity contribution in [3.8, 4) is 11.5 Å². The van der Waals surface area contributed by atoms with E-state index in [1.165, 1.54) is 24.6 Å². The summed E-state index contributed by atoms with van der Waals surface area (Å²) in [4.78, 5) is 26.6. The Morgan fingerprint density at radius 2 is 2.08 bits per heavy atom. The normalized spacial score (nSPS) is 10.4. The smallest absolute Gasteiger partial charge is 0.270 e. The number of hydrogen-bond acceptors (Lipinski definition) is 5. The second-order valence-electron chi connectivity index (χ2n) is 4.79. The number of amides is 1. The molecule has 8 heteroatoms. The van der Waals surface area contributed by atoms with Crippen molar-refractivity contribution in [1.82, 2.24) is 4.98 Å². The predicted molar refractivity (Wildman–Crippen MR) is 88.0 cm³/mol. The highest BCUT2D eigenvalue weighted by Gasteiger charge is 2.16. The lowest BCUT2D eigenvalue weighted by molar-refractivity contribution is -0.384. The van der Waals surface area contributed by atoms with Crippen molar-refractivity contribution in [1.29, 1.82) is 0 Å². The van der Waals surface area contributed by atoms with Crippen LogP contribution in [0.1, 0.15) is 10.4 Å². The molecule has 0 unspecified atom stereocenters. The van der Waals surface area contributed by atoms with Crippen molar-refractivity contribution in [3.05, 3.63) is 75.6 Å². The van der Waals surface area contributed by atoms with Crippen molar-refractivity contribution < 1.29 is 14.1 Å². The molecule has 1 N–H and O–H groups in total. The molecular weight excluding hydrogens is 334 g/mol. The molecule has 2 aromatic carbocycles. The number of nitro groups is 1. The number of carbonyl (C=O) groups is 1. The Morgan fingerprint density at radius 1 is 1.25 bits per heavy atom. The first-order chi connectivity index (χ1) is 11.5. The summed E-state index contributed by atoms with van der Waals surface area (Å²) in [5.41, 5.74) is 0.978. The van der Waals surface area contributed by atoms with Crippen LogP contribution in [-0.4, -0.2) is 15.8 Å². The van der Waals surface area contributed by atoms with E-state index in [9.17, 15) is 14.9 Å². The van der Waals surface area contributed by atoms with Crippen LogP contribution in [0.25, 0.3) is 11.5 Å². The van der Waals surface area contributed by atoms with Crippen molar-refractivity contribution in [2.75, 3.05) is 5.32 Å². The lowest BCUT2D eigenvalue weighted by Crippen LogP contribution is -2.12. The molecule has 3 aromatic rings. The molecule has 1 heterocycles. The van der Waals surface area contributed by atoms with E-state index in [1.807, 2.05) is 0 Å². The molecule has 1 amide bonds. The zero-order valence-corrected chi connectivity index (χ0v) is 12.9. The first kappa shape index (κ1) is 15.7. The Hall–Kier alpha value is -3.19. The van der Waals surface area contributed by atoms with Gasteiger partial charge < -0.3 is 9.73 Å². The molecule has 0 aliphatic heterocycles. The van der Waals surface area contributed by atoms with Gasteiger partial charge in [-0.2, -0.15) is 0 Å². The number of halogens is 1. The van der Waals surface area contributed by atoms with E-state index in [-0.39, 0.29) is 16.3 Å². The van der Waals surface area contributed by atoms with Crippen LogP contribution >= 0.6 is 11.6 Å². The molecule has 0 fully saturated rings. The summed E-state index contributed by atoms with van der Waals surface area (Å²) in [6.07, 6.45) is 2.97. The largest absolute Gasteiger partial charge is 0.445 e. The van der Waals surface area contributed by atoms with E-state index >= 15 is 0 Å². The minimum absolute atomic E-state index is 0.0207. The number of hydrogen-bond donors (Lipinski definition) is 1. The van der Waals surface area contributed by atoms with Crippen molar-refractivity contribution in [2.24, 2.45) is 0 Å². The predicted octanol–water partition coefficient (Wildman–Crippen LogP) is 4.16. The zero-order valence-electron chi connectivity index (χ0n) is 12.1. The van der Waals surface area contributed by atoms with Crippen LogP contribution in [0, 0.1) is 10.1 Å². The third-order valence-corrected chi connectivity index (χ3v) is 3.53. The molecule has 120 valence electrons. The number of rotatable bonds is 4. The van der Waals surface area contributed by atoms with Crippen molar-refractivity contribution >= 4 is 28.9 Å². The number of carbonyl (C=O) groups excluding carboxylic acids is 1. The lowest BCUT2D eigenvalue weighted by atomic mass is 10.1. The number of nitro benzene ring substituents is 1. The first-order valence-corrected chi connectivity index (χ1v) is 7.17. The van der Waals surface area contributed by atoms with Crippen LogP contribution in [0.4, 0.5) is 11.4 Å². The second kappa shape index (κ2) is 6.51. The summed E-state index contributed by atoms with van der Waals surface area (Å²) >= 11 is 5.97. The Labute approximate surface area is 141 Å². The Kier molecular flexibility index (Phi) is 4.26. The van der Waals surface area contributed by atoms with Gasteiger partial charge in [-0.3, -0.25) is 14.9 Å². The summed E-state index contributed by atoms with van der Waals surface area (Å²) < 4.78 is 5.21. The van der Waals surface area contributed by atoms with Crippen molar-refractivity contribution in [2.45, 2.75) is 0 Å². The highest BCUT2D eigenvalue weighted by molar-refractivity contribution is 6.34. The molecule has 0 saturated heterocycles. The molecular formula is C16H10ClN3O4. The monoisotopic (exact) mass is 343 g/mol. The summed E-state index contributed by atoms with van der Waals surface area (Å²) in [5.74, 6) is -0.132. The Balaban J connectivity index is 1.87. The standard InChI is InChI=1S/C16H10ClN3O4/c17-14-5-4-12(20(22)23)9-13(14)15(21)19-11-3-1-2-10(8-11)16-18-6-7-24-16/h1-9H,(H,19,21). The fourth-order valence-electron chi connectivity index (χ4n) is 2.10. The van der Waals surface area contributed by atoms with Gasteiger partial charge in [-0.15, -0.1) is 0 Å². The molecule has 0 spiro atoms. The summed E-state index contributed by atoms with van der Waals surface area (Å²) in [6.45, 7) is 0. The molecule has 0 saturated carbocycles. The van der Waals surface area contributed by atoms with E-state index in [0.29, 0.717) is 17.1 Å². The molecule has 0 aliphatic rings. The maximum atomic E-state index is 12.4. The van der Waals surface area contributed by atoms with Crippen LogP contribution in [0.2, 0.25) is 5.02 Å². The van der Waals surface area contributed by atoms with Crippen LogP contribution in [0.15, 0.2) is 59.3 Å². The number of oxazole rings is 1. The van der Waals surface area contributed by atoms with Gasteiger partial charge in [-0.1, -0.05) is 17.7 Å². The third kappa shape index (κ3) is 3.26. The van der Waals surface area contributed by atoms with Crippen molar-refractivity contribution in [3.63, 3.8) is 0 Å². The molecule has 0 bridgehead atoms. The fourth-order valence-corrected chi connectivity index (χ4v) is 2.30. The van der Waals surface area contributed by atoms with Crippen LogP contribution < -0.4 is 5.32 Å². The van der Waals surface area contributed by atoms with Crippen LogP contribution in [0.5, 0.6) is 0 Å². The van der Waals surface area contributed by atoms with Gasteiger partial charge in [0.1, 0.15) is 6.26 Å². The maximum absolute atomic E-state index is 12.4. The lowest BCUT2D eigenvalue weighted by Gasteiger charge is -2.07. The minimum Gasteiger partial charge on any atom is -0.445 e. The number of benzene rings is 2. The Bertz CT molecular complexity index is 909. The van der Waals surface area contributed by atoms with E-state index in [0.717, 1.165) is 6.07 Å². The molecule has 24 heavy (non-hydrogen) atoms. The van der Waals surface area contributed by atoms with Gasteiger partial charge in [-0.05, 0) is 24.3 Å². The average Bonchev–Trinajstić information content (AvgIpc) is 3.09. The topological polar surface area (TPSA) is 98.3 Å². The van der Waals surface area contributed by atoms with Gasteiger partial charge in [0.15, 0.2) is 0 Å². The molecule has 7 nitrogen and oxygen atoms in total. The summed E-state index contributed by atoms with van der Waals surface area (Å²) in [7, 11) is 0. The number of nitrogens with zero attached hydrogens (tertiary/aromatic N) is 2. The van der Waals surface area contributed by atoms with Gasteiger partial charge in [0.2, 0.25) is 5.89 Å². The van der Waals surface area contributed by atoms with Gasteiger partial charge in [0, 0.05) is 23.4 Å². The van der Waals surface area contributed by atoms with Gasteiger partial charge >= 0.3 is 0 Å². The molecule has 0 radical (unpaired) electrons. The van der Waals surface area contributed by atoms with Gasteiger partial charge in [0.25, 0.3) is 11.6 Å². The second-order valence-corrected chi connectivity index (χ2v) is 5.20. The van der Waals surface area contributed by atoms with Crippen LogP contribution in [-0.2, 0) is 0 Å². The van der Waals surface area contributed by atoms with Gasteiger partial charge in [-0.25, -0.2) is 4.98 Å². The third-order valence-electron chi connectivity index (χ3n) is 3.21. The van der Waals surface area contributed by atoms with Gasteiger partial charge in [0.05, 0.1) is 21.7 Å². The molecule has 3 rings (SSSR count). The number of nitrogens with one attached hydrogen (secondary N) is 1. The highest BCUT2D eigenvalue weighted by Crippen LogP contribution is 2.25. The van der Waals surface area contributed by atoms with Crippen LogP contribution in [0.3, 0.4) is 0 Å². The average molecular weight is 344 g/mol. The maximum Gasteiger partial charge on any atom is 0.270 e. The number of non-ortho nitro benzene ring substituents is 1.